The molecule has 30 heavy (non-hydrogen) atoms. The first-order chi connectivity index (χ1) is 14.7. The summed E-state index contributed by atoms with van der Waals surface area (Å²) in [6, 6.07) is 21.0. The van der Waals surface area contributed by atoms with Gasteiger partial charge in [-0.2, -0.15) is 0 Å². The quantitative estimate of drug-likeness (QED) is 0.440. The minimum atomic E-state index is -1.42. The molecule has 0 spiro atoms. The van der Waals surface area contributed by atoms with E-state index in [1.54, 1.807) is 6.20 Å². The van der Waals surface area contributed by atoms with Gasteiger partial charge in [-0.15, -0.1) is 0 Å². The van der Waals surface area contributed by atoms with Gasteiger partial charge in [-0.25, -0.2) is 9.97 Å². The van der Waals surface area contributed by atoms with Crippen molar-refractivity contribution in [2.75, 3.05) is 13.2 Å². The first-order valence-corrected chi connectivity index (χ1v) is 10.1. The first kappa shape index (κ1) is 20.1. The molecule has 4 rings (SSSR count). The van der Waals surface area contributed by atoms with E-state index in [0.29, 0.717) is 36.8 Å². The summed E-state index contributed by atoms with van der Waals surface area (Å²) < 4.78 is 7.64. The molecule has 0 unspecified atom stereocenters. The smallest absolute Gasteiger partial charge is 0.215 e. The van der Waals surface area contributed by atoms with Crippen LogP contribution in [0.15, 0.2) is 72.9 Å². The van der Waals surface area contributed by atoms with Gasteiger partial charge in [0, 0.05) is 25.6 Å². The Morgan fingerprint density at radius 1 is 1.00 bits per heavy atom. The minimum absolute atomic E-state index is 0.0699. The molecule has 0 amide bonds. The van der Waals surface area contributed by atoms with E-state index in [2.05, 4.69) is 4.98 Å². The predicted octanol–water partition coefficient (Wildman–Crippen LogP) is 3.50. The number of benzene rings is 2. The molecule has 4 aromatic rings. The van der Waals surface area contributed by atoms with Crippen molar-refractivity contribution >= 4 is 11.0 Å². The Morgan fingerprint density at radius 3 is 2.20 bits per heavy atom. The van der Waals surface area contributed by atoms with Crippen LogP contribution < -0.4 is 4.74 Å². The molecule has 0 aliphatic carbocycles. The van der Waals surface area contributed by atoms with Crippen LogP contribution in [-0.2, 0) is 12.1 Å². The molecule has 0 atom stereocenters. The van der Waals surface area contributed by atoms with E-state index in [0.717, 1.165) is 16.6 Å². The van der Waals surface area contributed by atoms with Gasteiger partial charge in [-0.3, -0.25) is 0 Å². The number of rotatable bonds is 8. The highest BCUT2D eigenvalue weighted by molar-refractivity contribution is 5.77. The number of nitrogens with zero attached hydrogens (tertiary/aromatic N) is 3. The number of fused-ring (bicyclic) bond motifs is 1. The highest BCUT2D eigenvalue weighted by atomic mass is 16.5. The van der Waals surface area contributed by atoms with Crippen LogP contribution >= 0.6 is 0 Å². The Balaban J connectivity index is 1.90. The number of aromatic nitrogens is 3. The molecule has 2 N–H and O–H groups in total. The number of aliphatic hydroxyl groups excluding tert-OH is 1. The Kier molecular flexibility index (Phi) is 5.79. The van der Waals surface area contributed by atoms with Crippen LogP contribution in [0.1, 0.15) is 30.3 Å². The van der Waals surface area contributed by atoms with Crippen LogP contribution in [0.3, 0.4) is 0 Å². The summed E-state index contributed by atoms with van der Waals surface area (Å²) >= 11 is 0. The molecule has 0 saturated heterocycles. The number of hydrogen-bond donors (Lipinski definition) is 2. The Morgan fingerprint density at radius 2 is 1.63 bits per heavy atom. The van der Waals surface area contributed by atoms with E-state index in [1.165, 1.54) is 0 Å². The van der Waals surface area contributed by atoms with Crippen molar-refractivity contribution < 1.29 is 14.9 Å². The molecule has 0 aliphatic rings. The number of imidazole rings is 1. The van der Waals surface area contributed by atoms with Crippen LogP contribution in [0.2, 0.25) is 0 Å². The fourth-order valence-electron chi connectivity index (χ4n) is 3.71. The highest BCUT2D eigenvalue weighted by Gasteiger charge is 2.38. The fraction of sp³-hybridized carbons (Fsp3) is 0.250. The van der Waals surface area contributed by atoms with Crippen LogP contribution in [0.25, 0.3) is 11.0 Å². The number of ether oxygens (including phenoxy) is 1. The van der Waals surface area contributed by atoms with Gasteiger partial charge >= 0.3 is 0 Å². The lowest BCUT2D eigenvalue weighted by Crippen LogP contribution is -2.32. The third-order valence-electron chi connectivity index (χ3n) is 5.18. The average molecular weight is 403 g/mol. The maximum Gasteiger partial charge on any atom is 0.215 e. The van der Waals surface area contributed by atoms with E-state index < -0.39 is 5.60 Å². The zero-order chi connectivity index (χ0) is 21.0. The molecule has 6 nitrogen and oxygen atoms in total. The maximum absolute atomic E-state index is 12.1. The Bertz CT molecular complexity index is 1070. The molecule has 0 bridgehead atoms. The van der Waals surface area contributed by atoms with Crippen molar-refractivity contribution in [3.8, 4) is 5.88 Å². The second-order valence-corrected chi connectivity index (χ2v) is 7.06. The second kappa shape index (κ2) is 8.65. The predicted molar refractivity (Wildman–Crippen MR) is 115 cm³/mol. The SMILES string of the molecule is CCn1c(C(O)(c2ccccc2)c2ccccc2)nc2cnc(OCCCO)cc21. The van der Waals surface area contributed by atoms with Crippen LogP contribution in [-0.4, -0.2) is 38.0 Å². The lowest BCUT2D eigenvalue weighted by atomic mass is 9.85. The third-order valence-corrected chi connectivity index (χ3v) is 5.18. The highest BCUT2D eigenvalue weighted by Crippen LogP contribution is 2.37. The summed E-state index contributed by atoms with van der Waals surface area (Å²) in [5.41, 5.74) is 1.59. The van der Waals surface area contributed by atoms with Crippen molar-refractivity contribution in [3.05, 3.63) is 89.9 Å². The second-order valence-electron chi connectivity index (χ2n) is 7.06. The number of aliphatic hydroxyl groups is 2. The van der Waals surface area contributed by atoms with Crippen molar-refractivity contribution in [3.63, 3.8) is 0 Å². The monoisotopic (exact) mass is 403 g/mol. The van der Waals surface area contributed by atoms with Crippen LogP contribution in [0.4, 0.5) is 0 Å². The number of hydrogen-bond acceptors (Lipinski definition) is 5. The summed E-state index contributed by atoms with van der Waals surface area (Å²) in [6.07, 6.45) is 2.20. The molecule has 2 aromatic carbocycles. The maximum atomic E-state index is 12.1. The zero-order valence-electron chi connectivity index (χ0n) is 16.9. The summed E-state index contributed by atoms with van der Waals surface area (Å²) in [5.74, 6) is 1.01. The molecule has 0 saturated carbocycles. The van der Waals surface area contributed by atoms with Gasteiger partial charge in [0.05, 0.1) is 18.3 Å². The van der Waals surface area contributed by atoms with Gasteiger partial charge in [0.25, 0.3) is 0 Å². The van der Waals surface area contributed by atoms with Gasteiger partial charge in [0.2, 0.25) is 5.88 Å². The Labute approximate surface area is 175 Å². The van der Waals surface area contributed by atoms with Crippen molar-refractivity contribution in [1.29, 1.82) is 0 Å². The molecular weight excluding hydrogens is 378 g/mol. The lowest BCUT2D eigenvalue weighted by molar-refractivity contribution is 0.112. The van der Waals surface area contributed by atoms with E-state index in [9.17, 15) is 5.11 Å². The normalized spacial score (nSPS) is 11.7. The fourth-order valence-corrected chi connectivity index (χ4v) is 3.71. The summed E-state index contributed by atoms with van der Waals surface area (Å²) in [5, 5.41) is 21.1. The molecule has 0 fully saturated rings. The topological polar surface area (TPSA) is 80.4 Å². The first-order valence-electron chi connectivity index (χ1n) is 10.1. The van der Waals surface area contributed by atoms with Gasteiger partial charge in [-0.1, -0.05) is 60.7 Å². The number of aryl methyl sites for hydroxylation is 1. The van der Waals surface area contributed by atoms with E-state index in [1.807, 2.05) is 78.2 Å². The van der Waals surface area contributed by atoms with Crippen LogP contribution in [0, 0.1) is 0 Å². The lowest BCUT2D eigenvalue weighted by Gasteiger charge is -2.29. The summed E-state index contributed by atoms with van der Waals surface area (Å²) in [6.45, 7) is 3.10. The molecule has 6 heteroatoms. The van der Waals surface area contributed by atoms with Gasteiger partial charge in [0.1, 0.15) is 5.52 Å². The third kappa shape index (κ3) is 3.56. The van der Waals surface area contributed by atoms with E-state index in [4.69, 9.17) is 14.8 Å². The van der Waals surface area contributed by atoms with Crippen molar-refractivity contribution in [1.82, 2.24) is 14.5 Å². The minimum Gasteiger partial charge on any atom is -0.478 e. The van der Waals surface area contributed by atoms with Gasteiger partial charge < -0.3 is 19.5 Å². The Hall–Kier alpha value is -3.22. The van der Waals surface area contributed by atoms with Gasteiger partial charge in [0.15, 0.2) is 11.4 Å². The van der Waals surface area contributed by atoms with Crippen LogP contribution in [0.5, 0.6) is 5.88 Å². The largest absolute Gasteiger partial charge is 0.478 e. The average Bonchev–Trinajstić information content (AvgIpc) is 3.18. The summed E-state index contributed by atoms with van der Waals surface area (Å²) in [4.78, 5) is 9.13. The van der Waals surface area contributed by atoms with Crippen molar-refractivity contribution in [2.24, 2.45) is 0 Å². The van der Waals surface area contributed by atoms with E-state index in [-0.39, 0.29) is 6.61 Å². The van der Waals surface area contributed by atoms with E-state index >= 15 is 0 Å². The number of pyridine rings is 1. The van der Waals surface area contributed by atoms with Gasteiger partial charge in [-0.05, 0) is 18.1 Å². The molecule has 2 heterocycles. The summed E-state index contributed by atoms with van der Waals surface area (Å²) in [7, 11) is 0. The molecular formula is C24H25N3O3. The zero-order valence-corrected chi connectivity index (χ0v) is 16.9. The van der Waals surface area contributed by atoms with Crippen molar-refractivity contribution in [2.45, 2.75) is 25.5 Å². The molecule has 0 aliphatic heterocycles. The standard InChI is InChI=1S/C24H25N3O3/c1-2-27-21-16-22(30-15-9-14-28)25-17-20(21)26-23(27)24(29,18-10-5-3-6-11-18)19-12-7-4-8-13-19/h3-8,10-13,16-17,28-29H,2,9,14-15H2,1H3. The molecule has 2 aromatic heterocycles. The molecule has 154 valence electrons. The molecule has 0 radical (unpaired) electrons.